The Bertz CT molecular complexity index is 370. The number of benzene rings is 1. The highest BCUT2D eigenvalue weighted by atomic mass is 35.5. The summed E-state index contributed by atoms with van der Waals surface area (Å²) in [4.78, 5) is 0. The molecule has 1 heterocycles. The molecule has 0 aromatic heterocycles. The van der Waals surface area contributed by atoms with Gasteiger partial charge in [-0.1, -0.05) is 18.2 Å². The third-order valence-electron chi connectivity index (χ3n) is 3.13. The van der Waals surface area contributed by atoms with Crippen LogP contribution in [0.25, 0.3) is 0 Å². The molecule has 0 bridgehead atoms. The number of alkyl halides is 3. The fourth-order valence-corrected chi connectivity index (χ4v) is 2.56. The molecule has 1 aliphatic rings. The van der Waals surface area contributed by atoms with Gasteiger partial charge in [0.2, 0.25) is 0 Å². The Morgan fingerprint density at radius 2 is 2.24 bits per heavy atom. The molecule has 94 valence electrons. The van der Waals surface area contributed by atoms with E-state index < -0.39 is 6.43 Å². The van der Waals surface area contributed by atoms with Gasteiger partial charge < -0.3 is 4.74 Å². The molecule has 1 fully saturated rings. The topological polar surface area (TPSA) is 9.23 Å². The van der Waals surface area contributed by atoms with Crippen LogP contribution in [0.4, 0.5) is 8.78 Å². The summed E-state index contributed by atoms with van der Waals surface area (Å²) < 4.78 is 30.9. The van der Waals surface area contributed by atoms with E-state index in [9.17, 15) is 8.78 Å². The highest BCUT2D eigenvalue weighted by Gasteiger charge is 2.27. The van der Waals surface area contributed by atoms with E-state index in [0.29, 0.717) is 12.5 Å². The van der Waals surface area contributed by atoms with Crippen LogP contribution in [0.3, 0.4) is 0 Å². The van der Waals surface area contributed by atoms with Crippen molar-refractivity contribution >= 4 is 11.6 Å². The molecule has 0 aliphatic carbocycles. The largest absolute Gasteiger partial charge is 0.373 e. The number of rotatable bonds is 3. The molecule has 1 aliphatic heterocycles. The highest BCUT2D eigenvalue weighted by Crippen LogP contribution is 2.35. The first-order valence-corrected chi connectivity index (χ1v) is 6.31. The van der Waals surface area contributed by atoms with Crippen LogP contribution < -0.4 is 0 Å². The van der Waals surface area contributed by atoms with E-state index in [-0.39, 0.29) is 17.6 Å². The van der Waals surface area contributed by atoms with E-state index in [1.54, 1.807) is 6.07 Å². The lowest BCUT2D eigenvalue weighted by atomic mass is 9.90. The zero-order valence-corrected chi connectivity index (χ0v) is 10.2. The zero-order valence-electron chi connectivity index (χ0n) is 9.41. The van der Waals surface area contributed by atoms with Gasteiger partial charge in [-0.25, -0.2) is 8.78 Å². The number of hydrogen-bond donors (Lipinski definition) is 0. The van der Waals surface area contributed by atoms with Crippen LogP contribution in [0.1, 0.15) is 36.5 Å². The Labute approximate surface area is 105 Å². The summed E-state index contributed by atoms with van der Waals surface area (Å²) >= 11 is 5.90. The molecule has 2 rings (SSSR count). The predicted molar refractivity (Wildman–Crippen MR) is 63.5 cm³/mol. The van der Waals surface area contributed by atoms with Crippen molar-refractivity contribution in [1.82, 2.24) is 0 Å². The summed E-state index contributed by atoms with van der Waals surface area (Å²) in [6.07, 6.45) is -0.594. The van der Waals surface area contributed by atoms with E-state index in [1.165, 1.54) is 12.1 Å². The molecule has 1 aromatic rings. The molecule has 0 N–H and O–H groups in total. The number of halogens is 3. The van der Waals surface area contributed by atoms with E-state index in [1.807, 2.05) is 6.07 Å². The standard InChI is InChI=1S/C13H15ClF2O/c14-8-11-5-2-6-17-12(11)9-3-1-4-10(7-9)13(15)16/h1,3-4,7,11-13H,2,5-6,8H2. The van der Waals surface area contributed by atoms with Crippen LogP contribution in [-0.2, 0) is 4.74 Å². The van der Waals surface area contributed by atoms with E-state index >= 15 is 0 Å². The van der Waals surface area contributed by atoms with Crippen LogP contribution in [0.15, 0.2) is 24.3 Å². The minimum atomic E-state index is -2.44. The van der Waals surface area contributed by atoms with Gasteiger partial charge in [-0.2, -0.15) is 0 Å². The minimum Gasteiger partial charge on any atom is -0.373 e. The molecule has 0 spiro atoms. The summed E-state index contributed by atoms with van der Waals surface area (Å²) in [5, 5.41) is 0. The zero-order chi connectivity index (χ0) is 12.3. The lowest BCUT2D eigenvalue weighted by Gasteiger charge is -2.31. The van der Waals surface area contributed by atoms with Crippen LogP contribution >= 0.6 is 11.6 Å². The normalized spacial score (nSPS) is 25.2. The molecule has 17 heavy (non-hydrogen) atoms. The Morgan fingerprint density at radius 3 is 2.94 bits per heavy atom. The second-order valence-corrected chi connectivity index (χ2v) is 4.63. The summed E-state index contributed by atoms with van der Waals surface area (Å²) in [6.45, 7) is 0.678. The average molecular weight is 261 g/mol. The van der Waals surface area contributed by atoms with Gasteiger partial charge in [0.15, 0.2) is 0 Å². The summed E-state index contributed by atoms with van der Waals surface area (Å²) in [5.41, 5.74) is 0.859. The second kappa shape index (κ2) is 5.78. The Hall–Kier alpha value is -0.670. The fraction of sp³-hybridized carbons (Fsp3) is 0.538. The number of ether oxygens (including phenoxy) is 1. The third-order valence-corrected chi connectivity index (χ3v) is 3.53. The Balaban J connectivity index is 2.22. The maximum atomic E-state index is 12.6. The minimum absolute atomic E-state index is 0.0463. The molecular weight excluding hydrogens is 246 g/mol. The Kier molecular flexibility index (Phi) is 4.35. The highest BCUT2D eigenvalue weighted by molar-refractivity contribution is 6.18. The van der Waals surface area contributed by atoms with Gasteiger partial charge in [-0.15, -0.1) is 11.6 Å². The Morgan fingerprint density at radius 1 is 1.41 bits per heavy atom. The third kappa shape index (κ3) is 2.96. The molecule has 0 saturated carbocycles. The van der Waals surface area contributed by atoms with Crippen LogP contribution in [0, 0.1) is 5.92 Å². The van der Waals surface area contributed by atoms with Crippen LogP contribution in [-0.4, -0.2) is 12.5 Å². The van der Waals surface area contributed by atoms with E-state index in [4.69, 9.17) is 16.3 Å². The van der Waals surface area contributed by atoms with Crippen molar-refractivity contribution in [3.05, 3.63) is 35.4 Å². The van der Waals surface area contributed by atoms with Crippen molar-refractivity contribution < 1.29 is 13.5 Å². The van der Waals surface area contributed by atoms with Crippen molar-refractivity contribution in [2.24, 2.45) is 5.92 Å². The average Bonchev–Trinajstić information content (AvgIpc) is 2.39. The van der Waals surface area contributed by atoms with Gasteiger partial charge >= 0.3 is 0 Å². The molecular formula is C13H15ClF2O. The van der Waals surface area contributed by atoms with Gasteiger partial charge in [-0.05, 0) is 24.5 Å². The van der Waals surface area contributed by atoms with E-state index in [2.05, 4.69) is 0 Å². The SMILES string of the molecule is FC(F)c1cccc(C2OCCCC2CCl)c1. The fourth-order valence-electron chi connectivity index (χ4n) is 2.24. The lowest BCUT2D eigenvalue weighted by Crippen LogP contribution is -2.23. The monoisotopic (exact) mass is 260 g/mol. The first kappa shape index (κ1) is 12.8. The van der Waals surface area contributed by atoms with E-state index in [0.717, 1.165) is 18.4 Å². The van der Waals surface area contributed by atoms with Crippen LogP contribution in [0.2, 0.25) is 0 Å². The molecule has 1 nitrogen and oxygen atoms in total. The molecule has 2 atom stereocenters. The maximum Gasteiger partial charge on any atom is 0.263 e. The first-order chi connectivity index (χ1) is 8.22. The lowest BCUT2D eigenvalue weighted by molar-refractivity contribution is -0.0209. The smallest absolute Gasteiger partial charge is 0.263 e. The summed E-state index contributed by atoms with van der Waals surface area (Å²) in [6, 6.07) is 6.45. The molecule has 1 aromatic carbocycles. The molecule has 0 amide bonds. The van der Waals surface area contributed by atoms with Gasteiger partial charge in [0, 0.05) is 24.0 Å². The quantitative estimate of drug-likeness (QED) is 0.735. The van der Waals surface area contributed by atoms with Gasteiger partial charge in [0.05, 0.1) is 6.10 Å². The molecule has 1 saturated heterocycles. The van der Waals surface area contributed by atoms with Gasteiger partial charge in [-0.3, -0.25) is 0 Å². The van der Waals surface area contributed by atoms with Crippen molar-refractivity contribution in [3.8, 4) is 0 Å². The maximum absolute atomic E-state index is 12.6. The van der Waals surface area contributed by atoms with Crippen molar-refractivity contribution in [2.75, 3.05) is 12.5 Å². The second-order valence-electron chi connectivity index (χ2n) is 4.32. The van der Waals surface area contributed by atoms with Gasteiger partial charge in [0.25, 0.3) is 6.43 Å². The van der Waals surface area contributed by atoms with Crippen molar-refractivity contribution in [2.45, 2.75) is 25.4 Å². The summed E-state index contributed by atoms with van der Waals surface area (Å²) in [7, 11) is 0. The summed E-state index contributed by atoms with van der Waals surface area (Å²) in [5.74, 6) is 0.724. The van der Waals surface area contributed by atoms with Gasteiger partial charge in [0.1, 0.15) is 0 Å². The first-order valence-electron chi connectivity index (χ1n) is 5.78. The molecule has 0 radical (unpaired) electrons. The molecule has 2 unspecified atom stereocenters. The molecule has 4 heteroatoms. The van der Waals surface area contributed by atoms with Crippen molar-refractivity contribution in [1.29, 1.82) is 0 Å². The number of hydrogen-bond acceptors (Lipinski definition) is 1. The van der Waals surface area contributed by atoms with Crippen LogP contribution in [0.5, 0.6) is 0 Å². The van der Waals surface area contributed by atoms with Crippen molar-refractivity contribution in [3.63, 3.8) is 0 Å². The predicted octanol–water partition coefficient (Wildman–Crippen LogP) is 4.33.